The molecule has 0 radical (unpaired) electrons. The summed E-state index contributed by atoms with van der Waals surface area (Å²) in [5.41, 5.74) is 3.57. The van der Waals surface area contributed by atoms with Crippen molar-refractivity contribution < 1.29 is 13.2 Å². The predicted molar refractivity (Wildman–Crippen MR) is 95.0 cm³/mol. The molecule has 124 valence electrons. The second-order valence-electron chi connectivity index (χ2n) is 5.86. The molecule has 1 aromatic heterocycles. The standard InChI is InChI=1S/C18H18N2O3S/c1-11-4-7-15(8-5-11)24(22,23)20-14-6-9-17-16(10-14)18(13(3)21)12(2)19-17/h4-10,19-20H,1-3H3. The third-order valence-electron chi connectivity index (χ3n) is 3.92. The minimum absolute atomic E-state index is 0.0581. The Balaban J connectivity index is 2.02. The van der Waals surface area contributed by atoms with Gasteiger partial charge in [0.25, 0.3) is 10.0 Å². The molecule has 0 aliphatic carbocycles. The molecule has 0 fully saturated rings. The topological polar surface area (TPSA) is 79.0 Å². The van der Waals surface area contributed by atoms with Crippen molar-refractivity contribution in [2.24, 2.45) is 0 Å². The number of nitrogens with one attached hydrogen (secondary N) is 2. The highest BCUT2D eigenvalue weighted by molar-refractivity contribution is 7.92. The van der Waals surface area contributed by atoms with Gasteiger partial charge in [-0.25, -0.2) is 8.42 Å². The van der Waals surface area contributed by atoms with Crippen molar-refractivity contribution in [3.63, 3.8) is 0 Å². The lowest BCUT2D eigenvalue weighted by atomic mass is 10.1. The number of fused-ring (bicyclic) bond motifs is 1. The van der Waals surface area contributed by atoms with Crippen molar-refractivity contribution in [2.75, 3.05) is 4.72 Å². The van der Waals surface area contributed by atoms with Gasteiger partial charge in [0.2, 0.25) is 0 Å². The molecule has 0 aliphatic heterocycles. The molecule has 0 bridgehead atoms. The van der Waals surface area contributed by atoms with Gasteiger partial charge in [0.15, 0.2) is 5.78 Å². The lowest BCUT2D eigenvalue weighted by Crippen LogP contribution is -2.12. The smallest absolute Gasteiger partial charge is 0.261 e. The molecule has 2 N–H and O–H groups in total. The summed E-state index contributed by atoms with van der Waals surface area (Å²) in [4.78, 5) is 15.2. The van der Waals surface area contributed by atoms with Crippen molar-refractivity contribution in [3.05, 3.63) is 59.3 Å². The van der Waals surface area contributed by atoms with Gasteiger partial charge >= 0.3 is 0 Å². The number of aromatic amines is 1. The van der Waals surface area contributed by atoms with Crippen molar-refractivity contribution in [2.45, 2.75) is 25.7 Å². The first-order valence-electron chi connectivity index (χ1n) is 7.51. The van der Waals surface area contributed by atoms with Gasteiger partial charge in [-0.1, -0.05) is 17.7 Å². The van der Waals surface area contributed by atoms with Crippen molar-refractivity contribution >= 4 is 32.4 Å². The molecule has 0 amide bonds. The van der Waals surface area contributed by atoms with Crippen LogP contribution in [0.15, 0.2) is 47.4 Å². The number of H-pyrrole nitrogens is 1. The number of benzene rings is 2. The van der Waals surface area contributed by atoms with Gasteiger partial charge in [0, 0.05) is 27.8 Å². The number of aromatic nitrogens is 1. The van der Waals surface area contributed by atoms with Crippen LogP contribution < -0.4 is 4.72 Å². The van der Waals surface area contributed by atoms with Gasteiger partial charge in [0.1, 0.15) is 0 Å². The summed E-state index contributed by atoms with van der Waals surface area (Å²) in [5, 5.41) is 0.712. The second-order valence-corrected chi connectivity index (χ2v) is 7.54. The highest BCUT2D eigenvalue weighted by atomic mass is 32.2. The van der Waals surface area contributed by atoms with Crippen LogP contribution >= 0.6 is 0 Å². The van der Waals surface area contributed by atoms with Crippen LogP contribution in [0.3, 0.4) is 0 Å². The van der Waals surface area contributed by atoms with Crippen LogP contribution in [0.25, 0.3) is 10.9 Å². The lowest BCUT2D eigenvalue weighted by Gasteiger charge is -2.09. The number of hydrogen-bond donors (Lipinski definition) is 2. The molecule has 0 saturated carbocycles. The molecular formula is C18H18N2O3S. The summed E-state index contributed by atoms with van der Waals surface area (Å²) in [6, 6.07) is 11.8. The number of hydrogen-bond acceptors (Lipinski definition) is 3. The SMILES string of the molecule is CC(=O)c1c(C)[nH]c2ccc(NS(=O)(=O)c3ccc(C)cc3)cc12. The van der Waals surface area contributed by atoms with E-state index in [0.29, 0.717) is 16.6 Å². The van der Waals surface area contributed by atoms with Crippen molar-refractivity contribution in [1.29, 1.82) is 0 Å². The first-order chi connectivity index (χ1) is 11.3. The van der Waals surface area contributed by atoms with Crippen LogP contribution in [0.1, 0.15) is 28.5 Å². The number of aryl methyl sites for hydroxylation is 2. The normalized spacial score (nSPS) is 11.6. The largest absolute Gasteiger partial charge is 0.358 e. The zero-order chi connectivity index (χ0) is 17.5. The second kappa shape index (κ2) is 5.79. The zero-order valence-corrected chi connectivity index (χ0v) is 14.5. The number of rotatable bonds is 4. The maximum Gasteiger partial charge on any atom is 0.261 e. The first kappa shape index (κ1) is 16.3. The minimum atomic E-state index is -3.67. The molecule has 6 heteroatoms. The van der Waals surface area contributed by atoms with Gasteiger partial charge in [-0.2, -0.15) is 0 Å². The lowest BCUT2D eigenvalue weighted by molar-refractivity contribution is 0.101. The Hall–Kier alpha value is -2.60. The Labute approximate surface area is 140 Å². The van der Waals surface area contributed by atoms with Gasteiger partial charge < -0.3 is 4.98 Å². The van der Waals surface area contributed by atoms with E-state index in [1.54, 1.807) is 42.5 Å². The van der Waals surface area contributed by atoms with Gasteiger partial charge in [-0.15, -0.1) is 0 Å². The monoisotopic (exact) mass is 342 g/mol. The van der Waals surface area contributed by atoms with Gasteiger partial charge in [-0.05, 0) is 51.1 Å². The third kappa shape index (κ3) is 2.92. The van der Waals surface area contributed by atoms with E-state index in [1.165, 1.54) is 6.92 Å². The summed E-state index contributed by atoms with van der Waals surface area (Å²) >= 11 is 0. The van der Waals surface area contributed by atoms with E-state index in [1.807, 2.05) is 13.8 Å². The molecule has 0 atom stereocenters. The van der Waals surface area contributed by atoms with Crippen LogP contribution in [-0.2, 0) is 10.0 Å². The van der Waals surface area contributed by atoms with E-state index in [-0.39, 0.29) is 10.7 Å². The number of ketones is 1. The highest BCUT2D eigenvalue weighted by Gasteiger charge is 2.16. The molecule has 24 heavy (non-hydrogen) atoms. The summed E-state index contributed by atoms with van der Waals surface area (Å²) in [6.07, 6.45) is 0. The minimum Gasteiger partial charge on any atom is -0.358 e. The summed E-state index contributed by atoms with van der Waals surface area (Å²) in [6.45, 7) is 5.22. The van der Waals surface area contributed by atoms with E-state index in [9.17, 15) is 13.2 Å². The summed E-state index contributed by atoms with van der Waals surface area (Å²) in [7, 11) is -3.67. The predicted octanol–water partition coefficient (Wildman–Crippen LogP) is 3.79. The number of Topliss-reactive ketones (excluding diaryl/α,β-unsaturated/α-hetero) is 1. The number of anilines is 1. The third-order valence-corrected chi connectivity index (χ3v) is 5.32. The van der Waals surface area contributed by atoms with E-state index in [4.69, 9.17) is 0 Å². The summed E-state index contributed by atoms with van der Waals surface area (Å²) in [5.74, 6) is -0.0581. The molecule has 0 spiro atoms. The van der Waals surface area contributed by atoms with Gasteiger partial charge in [0.05, 0.1) is 4.90 Å². The Bertz CT molecular complexity index is 1030. The van der Waals surface area contributed by atoms with E-state index in [0.717, 1.165) is 16.8 Å². The van der Waals surface area contributed by atoms with Crippen LogP contribution in [0, 0.1) is 13.8 Å². The summed E-state index contributed by atoms with van der Waals surface area (Å²) < 4.78 is 27.5. The van der Waals surface area contributed by atoms with Crippen LogP contribution in [0.2, 0.25) is 0 Å². The maximum atomic E-state index is 12.5. The quantitative estimate of drug-likeness (QED) is 0.708. The molecule has 3 rings (SSSR count). The zero-order valence-electron chi connectivity index (χ0n) is 13.7. The fourth-order valence-corrected chi connectivity index (χ4v) is 3.82. The maximum absolute atomic E-state index is 12.5. The molecule has 2 aromatic carbocycles. The number of sulfonamides is 1. The van der Waals surface area contributed by atoms with Crippen molar-refractivity contribution in [3.8, 4) is 0 Å². The first-order valence-corrected chi connectivity index (χ1v) is 8.99. The number of carbonyl (C=O) groups is 1. The Morgan fingerprint density at radius 2 is 1.71 bits per heavy atom. The van der Waals surface area contributed by atoms with Crippen molar-refractivity contribution in [1.82, 2.24) is 4.98 Å². The van der Waals surface area contributed by atoms with Crippen LogP contribution in [0.5, 0.6) is 0 Å². The molecule has 0 unspecified atom stereocenters. The fourth-order valence-electron chi connectivity index (χ4n) is 2.78. The van der Waals surface area contributed by atoms with E-state index in [2.05, 4.69) is 9.71 Å². The molecule has 1 heterocycles. The number of carbonyl (C=O) groups excluding carboxylic acids is 1. The Morgan fingerprint density at radius 3 is 2.33 bits per heavy atom. The van der Waals surface area contributed by atoms with Crippen LogP contribution in [0.4, 0.5) is 5.69 Å². The average Bonchev–Trinajstić information content (AvgIpc) is 2.82. The highest BCUT2D eigenvalue weighted by Crippen LogP contribution is 2.27. The fraction of sp³-hybridized carbons (Fsp3) is 0.167. The molecule has 5 nitrogen and oxygen atoms in total. The van der Waals surface area contributed by atoms with E-state index >= 15 is 0 Å². The molecular weight excluding hydrogens is 324 g/mol. The molecule has 0 aliphatic rings. The molecule has 0 saturated heterocycles. The average molecular weight is 342 g/mol. The van der Waals surface area contributed by atoms with Gasteiger partial charge in [-0.3, -0.25) is 9.52 Å². The Morgan fingerprint density at radius 1 is 1.04 bits per heavy atom. The van der Waals surface area contributed by atoms with E-state index < -0.39 is 10.0 Å². The Kier molecular flexibility index (Phi) is 3.93. The van der Waals surface area contributed by atoms with Crippen LogP contribution in [-0.4, -0.2) is 19.2 Å². The molecule has 3 aromatic rings.